The summed E-state index contributed by atoms with van der Waals surface area (Å²) in [5.74, 6) is 1.64. The van der Waals surface area contributed by atoms with Crippen LogP contribution in [-0.4, -0.2) is 21.8 Å². The molecule has 26 heavy (non-hydrogen) atoms. The van der Waals surface area contributed by atoms with Gasteiger partial charge in [0.15, 0.2) is 5.82 Å². The zero-order chi connectivity index (χ0) is 18.3. The van der Waals surface area contributed by atoms with Crippen LogP contribution in [0.3, 0.4) is 0 Å². The number of hydrogen-bond acceptors (Lipinski definition) is 5. The van der Waals surface area contributed by atoms with Gasteiger partial charge in [0.25, 0.3) is 5.89 Å². The standard InChI is InChI=1S/C19H17ClN4O2/c1-11-22-19(26-23-11)18-17(20)15-9-14(25-2)7-8-16(15)24(18)13-5-3-12(10-21)4-6-13/h3-9H,10,21H2,1-2H3. The first-order chi connectivity index (χ1) is 12.6. The summed E-state index contributed by atoms with van der Waals surface area (Å²) in [6.07, 6.45) is 0. The second kappa shape index (κ2) is 6.48. The molecule has 0 fully saturated rings. The van der Waals surface area contributed by atoms with Crippen molar-refractivity contribution < 1.29 is 9.26 Å². The number of ether oxygens (including phenoxy) is 1. The number of methoxy groups -OCH3 is 1. The zero-order valence-electron chi connectivity index (χ0n) is 14.4. The van der Waals surface area contributed by atoms with Gasteiger partial charge in [0.05, 0.1) is 17.6 Å². The topological polar surface area (TPSA) is 79.1 Å². The van der Waals surface area contributed by atoms with Gasteiger partial charge >= 0.3 is 0 Å². The van der Waals surface area contributed by atoms with Crippen LogP contribution < -0.4 is 10.5 Å². The van der Waals surface area contributed by atoms with E-state index < -0.39 is 0 Å². The molecule has 7 heteroatoms. The van der Waals surface area contributed by atoms with Gasteiger partial charge in [-0.05, 0) is 42.8 Å². The van der Waals surface area contributed by atoms with Crippen molar-refractivity contribution in [3.8, 4) is 23.0 Å². The largest absolute Gasteiger partial charge is 0.497 e. The Balaban J connectivity index is 2.04. The summed E-state index contributed by atoms with van der Waals surface area (Å²) in [7, 11) is 1.62. The summed E-state index contributed by atoms with van der Waals surface area (Å²) in [6, 6.07) is 13.7. The molecule has 6 nitrogen and oxygen atoms in total. The number of aryl methyl sites for hydroxylation is 1. The van der Waals surface area contributed by atoms with Crippen molar-refractivity contribution in [3.05, 3.63) is 58.9 Å². The summed E-state index contributed by atoms with van der Waals surface area (Å²) in [6.45, 7) is 2.26. The molecule has 0 aliphatic rings. The Kier molecular flexibility index (Phi) is 4.14. The fourth-order valence-corrected chi connectivity index (χ4v) is 3.31. The molecule has 0 spiro atoms. The predicted molar refractivity (Wildman–Crippen MR) is 101 cm³/mol. The number of hydrogen-bond donors (Lipinski definition) is 1. The van der Waals surface area contributed by atoms with Gasteiger partial charge < -0.3 is 19.6 Å². The van der Waals surface area contributed by atoms with Crippen LogP contribution in [0.2, 0.25) is 5.02 Å². The molecule has 0 amide bonds. The summed E-state index contributed by atoms with van der Waals surface area (Å²) < 4.78 is 12.8. The second-order valence-electron chi connectivity index (χ2n) is 5.90. The molecule has 0 atom stereocenters. The molecule has 4 aromatic rings. The lowest BCUT2D eigenvalue weighted by atomic mass is 10.2. The molecule has 2 aromatic carbocycles. The highest BCUT2D eigenvalue weighted by Crippen LogP contribution is 2.40. The highest BCUT2D eigenvalue weighted by atomic mass is 35.5. The van der Waals surface area contributed by atoms with Crippen molar-refractivity contribution >= 4 is 22.5 Å². The van der Waals surface area contributed by atoms with Gasteiger partial charge in [-0.25, -0.2) is 0 Å². The van der Waals surface area contributed by atoms with Crippen LogP contribution in [0.5, 0.6) is 5.75 Å². The average Bonchev–Trinajstić information content (AvgIpc) is 3.22. The van der Waals surface area contributed by atoms with Crippen molar-refractivity contribution in [2.75, 3.05) is 7.11 Å². The average molecular weight is 369 g/mol. The van der Waals surface area contributed by atoms with Gasteiger partial charge in [-0.2, -0.15) is 4.98 Å². The Labute approximate surface area is 155 Å². The number of nitrogens with zero attached hydrogens (tertiary/aromatic N) is 3. The second-order valence-corrected chi connectivity index (χ2v) is 6.28. The van der Waals surface area contributed by atoms with Crippen LogP contribution in [0, 0.1) is 6.92 Å². The third kappa shape index (κ3) is 2.64. The minimum atomic E-state index is 0.366. The number of rotatable bonds is 4. The summed E-state index contributed by atoms with van der Waals surface area (Å²) in [5.41, 5.74) is 9.26. The molecule has 0 saturated carbocycles. The number of nitrogens with two attached hydrogens (primary N) is 1. The van der Waals surface area contributed by atoms with Gasteiger partial charge in [0.1, 0.15) is 11.4 Å². The minimum Gasteiger partial charge on any atom is -0.497 e. The Morgan fingerprint density at radius 3 is 2.58 bits per heavy atom. The molecular weight excluding hydrogens is 352 g/mol. The summed E-state index contributed by atoms with van der Waals surface area (Å²) >= 11 is 6.72. The predicted octanol–water partition coefficient (Wildman–Crippen LogP) is 4.11. The van der Waals surface area contributed by atoms with E-state index in [0.717, 1.165) is 27.9 Å². The van der Waals surface area contributed by atoms with E-state index >= 15 is 0 Å². The highest BCUT2D eigenvalue weighted by molar-refractivity contribution is 6.38. The number of fused-ring (bicyclic) bond motifs is 1. The molecule has 0 aliphatic heterocycles. The maximum atomic E-state index is 6.72. The first kappa shape index (κ1) is 16.6. The maximum absolute atomic E-state index is 6.72. The maximum Gasteiger partial charge on any atom is 0.276 e. The minimum absolute atomic E-state index is 0.366. The van der Waals surface area contributed by atoms with Crippen molar-refractivity contribution in [2.24, 2.45) is 5.73 Å². The normalized spacial score (nSPS) is 11.2. The van der Waals surface area contributed by atoms with E-state index in [2.05, 4.69) is 10.1 Å². The van der Waals surface area contributed by atoms with E-state index in [9.17, 15) is 0 Å². The van der Waals surface area contributed by atoms with Crippen LogP contribution in [0.15, 0.2) is 47.0 Å². The molecule has 0 saturated heterocycles. The SMILES string of the molecule is COc1ccc2c(c1)c(Cl)c(-c1nc(C)no1)n2-c1ccc(CN)cc1. The van der Waals surface area contributed by atoms with Crippen LogP contribution in [0.4, 0.5) is 0 Å². The monoisotopic (exact) mass is 368 g/mol. The molecule has 0 radical (unpaired) electrons. The van der Waals surface area contributed by atoms with E-state index in [0.29, 0.717) is 29.0 Å². The molecule has 0 aliphatic carbocycles. The lowest BCUT2D eigenvalue weighted by molar-refractivity contribution is 0.415. The fraction of sp³-hybridized carbons (Fsp3) is 0.158. The Morgan fingerprint density at radius 1 is 1.19 bits per heavy atom. The highest BCUT2D eigenvalue weighted by Gasteiger charge is 2.23. The third-order valence-corrected chi connectivity index (χ3v) is 4.66. The van der Waals surface area contributed by atoms with Crippen LogP contribution >= 0.6 is 11.6 Å². The van der Waals surface area contributed by atoms with Crippen LogP contribution in [-0.2, 0) is 6.54 Å². The molecule has 0 unspecified atom stereocenters. The van der Waals surface area contributed by atoms with Crippen molar-refractivity contribution in [3.63, 3.8) is 0 Å². The van der Waals surface area contributed by atoms with E-state index in [1.165, 1.54) is 0 Å². The van der Waals surface area contributed by atoms with Gasteiger partial charge in [-0.15, -0.1) is 0 Å². The Hall–Kier alpha value is -2.83. The molecular formula is C19H17ClN4O2. The van der Waals surface area contributed by atoms with Crippen LogP contribution in [0.1, 0.15) is 11.4 Å². The van der Waals surface area contributed by atoms with Gasteiger partial charge in [-0.3, -0.25) is 0 Å². The third-order valence-electron chi connectivity index (χ3n) is 4.27. The Morgan fingerprint density at radius 2 is 1.96 bits per heavy atom. The van der Waals surface area contributed by atoms with E-state index in [1.54, 1.807) is 14.0 Å². The fourth-order valence-electron chi connectivity index (χ4n) is 2.99. The smallest absolute Gasteiger partial charge is 0.276 e. The summed E-state index contributed by atoms with van der Waals surface area (Å²) in [5, 5.41) is 5.28. The number of benzene rings is 2. The molecule has 0 bridgehead atoms. The lowest BCUT2D eigenvalue weighted by Gasteiger charge is -2.10. The molecule has 4 rings (SSSR count). The number of halogens is 1. The molecule has 132 valence electrons. The van der Waals surface area contributed by atoms with Crippen molar-refractivity contribution in [1.29, 1.82) is 0 Å². The Bertz CT molecular complexity index is 1080. The van der Waals surface area contributed by atoms with E-state index in [1.807, 2.05) is 47.0 Å². The first-order valence-corrected chi connectivity index (χ1v) is 8.48. The lowest BCUT2D eigenvalue weighted by Crippen LogP contribution is -2.00. The van der Waals surface area contributed by atoms with Gasteiger partial charge in [0.2, 0.25) is 0 Å². The number of aromatic nitrogens is 3. The molecule has 2 aromatic heterocycles. The quantitative estimate of drug-likeness (QED) is 0.586. The zero-order valence-corrected chi connectivity index (χ0v) is 15.1. The molecule has 2 N–H and O–H groups in total. The van der Waals surface area contributed by atoms with Crippen molar-refractivity contribution in [2.45, 2.75) is 13.5 Å². The summed E-state index contributed by atoms with van der Waals surface area (Å²) in [4.78, 5) is 4.37. The van der Waals surface area contributed by atoms with E-state index in [-0.39, 0.29) is 0 Å². The van der Waals surface area contributed by atoms with Crippen molar-refractivity contribution in [1.82, 2.24) is 14.7 Å². The van der Waals surface area contributed by atoms with Gasteiger partial charge in [-0.1, -0.05) is 28.9 Å². The van der Waals surface area contributed by atoms with E-state index in [4.69, 9.17) is 26.6 Å². The molecule has 2 heterocycles. The van der Waals surface area contributed by atoms with Gasteiger partial charge in [0, 0.05) is 17.6 Å². The van der Waals surface area contributed by atoms with Crippen LogP contribution in [0.25, 0.3) is 28.2 Å². The first-order valence-electron chi connectivity index (χ1n) is 8.10.